The highest BCUT2D eigenvalue weighted by Crippen LogP contribution is 2.29. The zero-order chi connectivity index (χ0) is 14.4. The predicted molar refractivity (Wildman–Crippen MR) is 73.4 cm³/mol. The van der Waals surface area contributed by atoms with Crippen molar-refractivity contribution in [2.75, 3.05) is 12.4 Å². The largest absolute Gasteiger partial charge is 0.493 e. The van der Waals surface area contributed by atoms with Gasteiger partial charge in [-0.3, -0.25) is 0 Å². The Morgan fingerprint density at radius 2 is 1.80 bits per heavy atom. The minimum absolute atomic E-state index is 0.0369. The molecule has 2 aromatic carbocycles. The van der Waals surface area contributed by atoms with Crippen molar-refractivity contribution < 1.29 is 18.3 Å². The lowest BCUT2D eigenvalue weighted by Crippen LogP contribution is -2.05. The van der Waals surface area contributed by atoms with E-state index in [1.807, 2.05) is 30.3 Å². The van der Waals surface area contributed by atoms with Crippen molar-refractivity contribution in [2.45, 2.75) is 13.2 Å². The second-order valence-corrected chi connectivity index (χ2v) is 4.08. The molecule has 106 valence electrons. The zero-order valence-corrected chi connectivity index (χ0v) is 11.0. The van der Waals surface area contributed by atoms with Crippen molar-refractivity contribution in [3.8, 4) is 11.5 Å². The van der Waals surface area contributed by atoms with Crippen LogP contribution in [0.25, 0.3) is 0 Å². The van der Waals surface area contributed by atoms with Gasteiger partial charge in [0, 0.05) is 12.2 Å². The molecule has 0 aromatic heterocycles. The first-order chi connectivity index (χ1) is 9.69. The van der Waals surface area contributed by atoms with E-state index in [1.54, 1.807) is 18.2 Å². The Labute approximate surface area is 116 Å². The molecule has 0 saturated carbocycles. The van der Waals surface area contributed by atoms with E-state index < -0.39 is 6.61 Å². The molecule has 0 heterocycles. The number of hydrogen-bond acceptors (Lipinski definition) is 3. The Bertz CT molecular complexity index is 547. The maximum atomic E-state index is 12.3. The van der Waals surface area contributed by atoms with Crippen LogP contribution in [-0.2, 0) is 6.54 Å². The van der Waals surface area contributed by atoms with Gasteiger partial charge in [-0.1, -0.05) is 24.3 Å². The first-order valence-electron chi connectivity index (χ1n) is 6.09. The first-order valence-corrected chi connectivity index (χ1v) is 6.09. The molecule has 0 unspecified atom stereocenters. The molecule has 1 N–H and O–H groups in total. The lowest BCUT2D eigenvalue weighted by atomic mass is 10.2. The maximum Gasteiger partial charge on any atom is 0.387 e. The topological polar surface area (TPSA) is 30.5 Å². The van der Waals surface area contributed by atoms with Crippen LogP contribution >= 0.6 is 0 Å². The van der Waals surface area contributed by atoms with Crippen LogP contribution in [0.4, 0.5) is 14.5 Å². The minimum atomic E-state index is -2.87. The summed E-state index contributed by atoms with van der Waals surface area (Å²) in [5, 5.41) is 3.20. The van der Waals surface area contributed by atoms with Gasteiger partial charge in [-0.25, -0.2) is 0 Å². The lowest BCUT2D eigenvalue weighted by Gasteiger charge is -2.12. The standard InChI is InChI=1S/C15H15F2NO2/c1-19-13-8-7-11(9-14(13)20-15(16)17)10-18-12-5-3-2-4-6-12/h2-9,15,18H,10H2,1H3. The third-order valence-corrected chi connectivity index (χ3v) is 2.71. The van der Waals surface area contributed by atoms with Crippen LogP contribution in [0, 0.1) is 0 Å². The number of alkyl halides is 2. The molecule has 0 bridgehead atoms. The number of rotatable bonds is 6. The fourth-order valence-corrected chi connectivity index (χ4v) is 1.78. The van der Waals surface area contributed by atoms with E-state index >= 15 is 0 Å². The number of nitrogens with one attached hydrogen (secondary N) is 1. The van der Waals surface area contributed by atoms with Gasteiger partial charge in [-0.05, 0) is 29.8 Å². The van der Waals surface area contributed by atoms with Gasteiger partial charge in [-0.2, -0.15) is 8.78 Å². The molecular weight excluding hydrogens is 264 g/mol. The summed E-state index contributed by atoms with van der Waals surface area (Å²) in [5.74, 6) is 0.323. The van der Waals surface area contributed by atoms with Crippen LogP contribution in [0.15, 0.2) is 48.5 Å². The molecule has 0 aliphatic rings. The summed E-state index contributed by atoms with van der Waals surface area (Å²) < 4.78 is 34.1. The second-order valence-electron chi connectivity index (χ2n) is 4.08. The lowest BCUT2D eigenvalue weighted by molar-refractivity contribution is -0.0512. The van der Waals surface area contributed by atoms with E-state index in [-0.39, 0.29) is 11.5 Å². The number of hydrogen-bond donors (Lipinski definition) is 1. The summed E-state index contributed by atoms with van der Waals surface area (Å²) in [6.07, 6.45) is 0. The molecule has 0 saturated heterocycles. The number of benzene rings is 2. The van der Waals surface area contributed by atoms with Crippen molar-refractivity contribution in [2.24, 2.45) is 0 Å². The minimum Gasteiger partial charge on any atom is -0.493 e. The summed E-state index contributed by atoms with van der Waals surface area (Å²) in [6.45, 7) is -2.37. The Hall–Kier alpha value is -2.30. The molecule has 0 aliphatic heterocycles. The summed E-state index contributed by atoms with van der Waals surface area (Å²) >= 11 is 0. The van der Waals surface area contributed by atoms with Crippen molar-refractivity contribution in [1.82, 2.24) is 0 Å². The van der Waals surface area contributed by atoms with E-state index in [0.29, 0.717) is 6.54 Å². The molecule has 0 atom stereocenters. The molecule has 3 nitrogen and oxygen atoms in total. The molecular formula is C15H15F2NO2. The molecule has 5 heteroatoms. The Morgan fingerprint density at radius 3 is 2.45 bits per heavy atom. The Morgan fingerprint density at radius 1 is 1.05 bits per heavy atom. The van der Waals surface area contributed by atoms with Gasteiger partial charge >= 0.3 is 6.61 Å². The fraction of sp³-hybridized carbons (Fsp3) is 0.200. The molecule has 0 amide bonds. The number of methoxy groups -OCH3 is 1. The third kappa shape index (κ3) is 3.85. The third-order valence-electron chi connectivity index (χ3n) is 2.71. The monoisotopic (exact) mass is 279 g/mol. The van der Waals surface area contributed by atoms with Crippen molar-refractivity contribution >= 4 is 5.69 Å². The van der Waals surface area contributed by atoms with Gasteiger partial charge in [0.25, 0.3) is 0 Å². The Kier molecular flexibility index (Phi) is 4.76. The van der Waals surface area contributed by atoms with Crippen LogP contribution in [0.1, 0.15) is 5.56 Å². The molecule has 0 aliphatic carbocycles. The first kappa shape index (κ1) is 14.1. The SMILES string of the molecule is COc1ccc(CNc2ccccc2)cc1OC(F)F. The van der Waals surface area contributed by atoms with Gasteiger partial charge in [0.2, 0.25) is 0 Å². The van der Waals surface area contributed by atoms with Crippen LogP contribution in [-0.4, -0.2) is 13.7 Å². The number of para-hydroxylation sites is 1. The summed E-state index contributed by atoms with van der Waals surface area (Å²) in [5.41, 5.74) is 1.78. The van der Waals surface area contributed by atoms with Crippen molar-refractivity contribution in [3.63, 3.8) is 0 Å². The van der Waals surface area contributed by atoms with Gasteiger partial charge in [-0.15, -0.1) is 0 Å². The van der Waals surface area contributed by atoms with Crippen LogP contribution in [0.2, 0.25) is 0 Å². The van der Waals surface area contributed by atoms with Crippen LogP contribution in [0.5, 0.6) is 11.5 Å². The highest BCUT2D eigenvalue weighted by atomic mass is 19.3. The molecule has 0 spiro atoms. The summed E-state index contributed by atoms with van der Waals surface area (Å²) in [6, 6.07) is 14.6. The summed E-state index contributed by atoms with van der Waals surface area (Å²) in [7, 11) is 1.41. The van der Waals surface area contributed by atoms with E-state index in [4.69, 9.17) is 4.74 Å². The fourth-order valence-electron chi connectivity index (χ4n) is 1.78. The normalized spacial score (nSPS) is 10.4. The van der Waals surface area contributed by atoms with Crippen LogP contribution < -0.4 is 14.8 Å². The quantitative estimate of drug-likeness (QED) is 0.869. The van der Waals surface area contributed by atoms with E-state index in [1.165, 1.54) is 7.11 Å². The van der Waals surface area contributed by atoms with Gasteiger partial charge in [0.05, 0.1) is 7.11 Å². The smallest absolute Gasteiger partial charge is 0.387 e. The number of halogens is 2. The van der Waals surface area contributed by atoms with Crippen molar-refractivity contribution in [1.29, 1.82) is 0 Å². The molecule has 20 heavy (non-hydrogen) atoms. The van der Waals surface area contributed by atoms with Gasteiger partial charge in [0.1, 0.15) is 0 Å². The summed E-state index contributed by atoms with van der Waals surface area (Å²) in [4.78, 5) is 0. The van der Waals surface area contributed by atoms with E-state index in [2.05, 4.69) is 10.1 Å². The number of ether oxygens (including phenoxy) is 2. The second kappa shape index (κ2) is 6.75. The van der Waals surface area contributed by atoms with Crippen LogP contribution in [0.3, 0.4) is 0 Å². The van der Waals surface area contributed by atoms with Gasteiger partial charge < -0.3 is 14.8 Å². The predicted octanol–water partition coefficient (Wildman–Crippen LogP) is 3.91. The molecule has 2 aromatic rings. The average molecular weight is 279 g/mol. The Balaban J connectivity index is 2.08. The zero-order valence-electron chi connectivity index (χ0n) is 11.0. The maximum absolute atomic E-state index is 12.3. The molecule has 0 radical (unpaired) electrons. The molecule has 0 fully saturated rings. The number of anilines is 1. The average Bonchev–Trinajstić information content (AvgIpc) is 2.46. The highest BCUT2D eigenvalue weighted by molar-refractivity contribution is 5.46. The van der Waals surface area contributed by atoms with E-state index in [9.17, 15) is 8.78 Å². The van der Waals surface area contributed by atoms with E-state index in [0.717, 1.165) is 11.3 Å². The molecule has 2 rings (SSSR count). The van der Waals surface area contributed by atoms with Gasteiger partial charge in [0.15, 0.2) is 11.5 Å². The van der Waals surface area contributed by atoms with Crippen molar-refractivity contribution in [3.05, 3.63) is 54.1 Å². The highest BCUT2D eigenvalue weighted by Gasteiger charge is 2.11.